The van der Waals surface area contributed by atoms with E-state index in [2.05, 4.69) is 25.7 Å². The molecule has 7 nitrogen and oxygen atoms in total. The summed E-state index contributed by atoms with van der Waals surface area (Å²) >= 11 is 6.31. The zero-order valence-electron chi connectivity index (χ0n) is 15.5. The fraction of sp³-hybridized carbons (Fsp3) is 0.300. The van der Waals surface area contributed by atoms with Crippen LogP contribution in [0, 0.1) is 5.41 Å². The molecule has 2 N–H and O–H groups in total. The Morgan fingerprint density at radius 2 is 2.17 bits per heavy atom. The van der Waals surface area contributed by atoms with Crippen LogP contribution in [-0.2, 0) is 13.1 Å². The van der Waals surface area contributed by atoms with Crippen LogP contribution in [0.25, 0.3) is 11.3 Å². The van der Waals surface area contributed by atoms with Crippen LogP contribution in [0.1, 0.15) is 28.8 Å². The molecule has 2 aromatic heterocycles. The van der Waals surface area contributed by atoms with E-state index in [0.717, 1.165) is 29.7 Å². The van der Waals surface area contributed by atoms with Crippen molar-refractivity contribution in [2.75, 3.05) is 12.0 Å². The Bertz CT molecular complexity index is 1110. The van der Waals surface area contributed by atoms with E-state index in [0.29, 0.717) is 35.3 Å². The van der Waals surface area contributed by atoms with E-state index in [4.69, 9.17) is 11.6 Å². The molecule has 1 aliphatic heterocycles. The molecule has 1 saturated carbocycles. The number of nitrogens with zero attached hydrogens (tertiary/aromatic N) is 4. The highest BCUT2D eigenvalue weighted by molar-refractivity contribution is 6.32. The van der Waals surface area contributed by atoms with E-state index in [-0.39, 0.29) is 18.0 Å². The van der Waals surface area contributed by atoms with Crippen LogP contribution in [0.2, 0.25) is 5.02 Å². The van der Waals surface area contributed by atoms with Gasteiger partial charge in [-0.25, -0.2) is 9.97 Å². The Balaban J connectivity index is 1.38. The number of hydrogen-bond acceptors (Lipinski definition) is 5. The molecule has 0 bridgehead atoms. The maximum Gasteiger partial charge on any atom is 0.251 e. The highest BCUT2D eigenvalue weighted by Gasteiger charge is 2.43. The van der Waals surface area contributed by atoms with Gasteiger partial charge in [0.1, 0.15) is 0 Å². The predicted octanol–water partition coefficient (Wildman–Crippen LogP) is 3.73. The number of carbonyl (C=O) groups is 1. The predicted molar refractivity (Wildman–Crippen MR) is 107 cm³/mol. The second kappa shape index (κ2) is 6.81. The minimum atomic E-state index is -0.327. The molecule has 5 rings (SSSR count). The number of aromatic nitrogens is 4. The third kappa shape index (κ3) is 3.44. The number of rotatable bonds is 6. The third-order valence-electron chi connectivity index (χ3n) is 5.43. The molecule has 29 heavy (non-hydrogen) atoms. The molecule has 1 amide bonds. The summed E-state index contributed by atoms with van der Waals surface area (Å²) in [7, 11) is 0. The number of hydrogen-bond donors (Lipinski definition) is 2. The van der Waals surface area contributed by atoms with Crippen molar-refractivity contribution in [3.63, 3.8) is 0 Å². The fourth-order valence-electron chi connectivity index (χ4n) is 3.50. The van der Waals surface area contributed by atoms with Gasteiger partial charge in [0.05, 0.1) is 29.8 Å². The van der Waals surface area contributed by atoms with Crippen molar-refractivity contribution in [2.24, 2.45) is 5.41 Å². The number of benzene rings is 1. The Hall–Kier alpha value is -3.00. The molecule has 0 atom stereocenters. The minimum Gasteiger partial charge on any atom is -0.348 e. The van der Waals surface area contributed by atoms with Crippen molar-refractivity contribution in [2.45, 2.75) is 25.9 Å². The van der Waals surface area contributed by atoms with E-state index in [1.54, 1.807) is 16.9 Å². The van der Waals surface area contributed by atoms with Gasteiger partial charge in [0, 0.05) is 41.5 Å². The summed E-state index contributed by atoms with van der Waals surface area (Å²) in [5.41, 5.74) is 3.44. The Morgan fingerprint density at radius 1 is 1.31 bits per heavy atom. The van der Waals surface area contributed by atoms with Crippen molar-refractivity contribution in [3.05, 3.63) is 52.9 Å². The number of fused-ring (bicyclic) bond motifs is 1. The maximum absolute atomic E-state index is 13.2. The quantitative estimate of drug-likeness (QED) is 0.644. The van der Waals surface area contributed by atoms with Crippen LogP contribution in [0.4, 0.5) is 16.0 Å². The van der Waals surface area contributed by atoms with Crippen molar-refractivity contribution in [3.8, 4) is 11.3 Å². The first-order chi connectivity index (χ1) is 14.0. The maximum atomic E-state index is 13.2. The summed E-state index contributed by atoms with van der Waals surface area (Å²) < 4.78 is 14.9. The first kappa shape index (κ1) is 18.1. The summed E-state index contributed by atoms with van der Waals surface area (Å²) in [5, 5.41) is 10.7. The van der Waals surface area contributed by atoms with Crippen LogP contribution < -0.4 is 10.6 Å². The average molecular weight is 413 g/mol. The van der Waals surface area contributed by atoms with Crippen molar-refractivity contribution < 1.29 is 9.18 Å². The van der Waals surface area contributed by atoms with Gasteiger partial charge < -0.3 is 10.6 Å². The number of carbonyl (C=O) groups excluding carboxylic acids is 1. The van der Waals surface area contributed by atoms with Gasteiger partial charge in [0.25, 0.3) is 5.91 Å². The molecule has 0 saturated heterocycles. The monoisotopic (exact) mass is 412 g/mol. The van der Waals surface area contributed by atoms with Crippen molar-refractivity contribution in [1.29, 1.82) is 0 Å². The van der Waals surface area contributed by atoms with Gasteiger partial charge in [-0.15, -0.1) is 0 Å². The molecule has 9 heteroatoms. The van der Waals surface area contributed by atoms with Crippen LogP contribution in [-0.4, -0.2) is 32.3 Å². The standard InChI is InChI=1S/C20H18ClFN6O/c21-16-8-24-19(26-14-1-2-15-12(5-14)6-23-18(15)29)27-17(16)13-7-25-28(9-13)11-20(10-22)3-4-20/h1-2,5,7-9H,3-4,6,10-11H2,(H,23,29)(H,24,26,27). The van der Waals surface area contributed by atoms with Gasteiger partial charge >= 0.3 is 0 Å². The molecule has 0 radical (unpaired) electrons. The number of anilines is 2. The lowest BCUT2D eigenvalue weighted by atomic mass is 10.1. The molecule has 3 aromatic rings. The largest absolute Gasteiger partial charge is 0.348 e. The third-order valence-corrected chi connectivity index (χ3v) is 5.71. The van der Waals surface area contributed by atoms with E-state index in [1.165, 1.54) is 6.20 Å². The zero-order chi connectivity index (χ0) is 20.0. The summed E-state index contributed by atoms with van der Waals surface area (Å²) in [5.74, 6) is 0.325. The highest BCUT2D eigenvalue weighted by Crippen LogP contribution is 2.47. The first-order valence-corrected chi connectivity index (χ1v) is 9.73. The van der Waals surface area contributed by atoms with Gasteiger partial charge in [-0.2, -0.15) is 5.10 Å². The van der Waals surface area contributed by atoms with E-state index >= 15 is 0 Å². The number of amides is 1. The molecule has 3 heterocycles. The summed E-state index contributed by atoms with van der Waals surface area (Å²) in [6.45, 7) is 0.738. The molecule has 1 aromatic carbocycles. The highest BCUT2D eigenvalue weighted by atomic mass is 35.5. The Morgan fingerprint density at radius 3 is 2.97 bits per heavy atom. The number of halogens is 2. The van der Waals surface area contributed by atoms with Gasteiger partial charge in [-0.05, 0) is 36.6 Å². The Labute approximate surface area is 171 Å². The molecule has 1 aliphatic carbocycles. The average Bonchev–Trinajstić information content (AvgIpc) is 3.18. The second-order valence-electron chi connectivity index (χ2n) is 7.63. The van der Waals surface area contributed by atoms with Crippen LogP contribution >= 0.6 is 11.6 Å². The molecule has 0 spiro atoms. The smallest absolute Gasteiger partial charge is 0.251 e. The van der Waals surface area contributed by atoms with Crippen molar-refractivity contribution >= 4 is 29.1 Å². The molecular formula is C20H18ClFN6O. The summed E-state index contributed by atoms with van der Waals surface area (Å²) in [4.78, 5) is 20.5. The zero-order valence-corrected chi connectivity index (χ0v) is 16.2. The van der Waals surface area contributed by atoms with Gasteiger partial charge in [0.15, 0.2) is 0 Å². The SMILES string of the molecule is O=C1NCc2cc(Nc3ncc(Cl)c(-c4cnn(CC5(CF)CC5)c4)n3)ccc21. The molecular weight excluding hydrogens is 395 g/mol. The van der Waals surface area contributed by atoms with Crippen LogP contribution in [0.15, 0.2) is 36.8 Å². The lowest BCUT2D eigenvalue weighted by Crippen LogP contribution is -2.13. The number of nitrogens with one attached hydrogen (secondary N) is 2. The fourth-order valence-corrected chi connectivity index (χ4v) is 3.70. The van der Waals surface area contributed by atoms with E-state index in [9.17, 15) is 9.18 Å². The van der Waals surface area contributed by atoms with Gasteiger partial charge in [0.2, 0.25) is 5.95 Å². The topological polar surface area (TPSA) is 84.7 Å². The van der Waals surface area contributed by atoms with Crippen LogP contribution in [0.3, 0.4) is 0 Å². The number of alkyl halides is 1. The van der Waals surface area contributed by atoms with Crippen LogP contribution in [0.5, 0.6) is 0 Å². The van der Waals surface area contributed by atoms with Gasteiger partial charge in [-0.3, -0.25) is 13.9 Å². The summed E-state index contributed by atoms with van der Waals surface area (Å²) in [6.07, 6.45) is 6.83. The molecule has 2 aliphatic rings. The van der Waals surface area contributed by atoms with Crippen molar-refractivity contribution in [1.82, 2.24) is 25.1 Å². The second-order valence-corrected chi connectivity index (χ2v) is 8.04. The molecule has 148 valence electrons. The lowest BCUT2D eigenvalue weighted by molar-refractivity contribution is 0.0966. The first-order valence-electron chi connectivity index (χ1n) is 9.35. The normalized spacial score (nSPS) is 16.4. The van der Waals surface area contributed by atoms with Gasteiger partial charge in [-0.1, -0.05) is 11.6 Å². The molecule has 1 fully saturated rings. The summed E-state index contributed by atoms with van der Waals surface area (Å²) in [6, 6.07) is 5.49. The lowest BCUT2D eigenvalue weighted by Gasteiger charge is -2.10. The van der Waals surface area contributed by atoms with E-state index < -0.39 is 0 Å². The Kier molecular flexibility index (Phi) is 4.24. The molecule has 0 unspecified atom stereocenters. The van der Waals surface area contributed by atoms with E-state index in [1.807, 2.05) is 18.3 Å². The minimum absolute atomic E-state index is 0.0608.